The number of nitrogens with two attached hydrogens (primary N) is 1. The van der Waals surface area contributed by atoms with Gasteiger partial charge < -0.3 is 11.1 Å². The fourth-order valence-electron chi connectivity index (χ4n) is 1.43. The van der Waals surface area contributed by atoms with Crippen LogP contribution in [0, 0.1) is 5.92 Å². The minimum atomic E-state index is -0.189. The van der Waals surface area contributed by atoms with Crippen LogP contribution in [0.3, 0.4) is 0 Å². The number of nitrogen functional groups attached to an aromatic ring is 1. The van der Waals surface area contributed by atoms with Crippen LogP contribution in [0.5, 0.6) is 0 Å². The Bertz CT molecular complexity index is 346. The molecule has 0 aliphatic rings. The molecule has 4 N–H and O–H groups in total. The van der Waals surface area contributed by atoms with Crippen molar-refractivity contribution in [3.63, 3.8) is 0 Å². The van der Waals surface area contributed by atoms with Gasteiger partial charge in [0.2, 0.25) is 0 Å². The Kier molecular flexibility index (Phi) is 4.34. The van der Waals surface area contributed by atoms with Crippen molar-refractivity contribution in [1.29, 1.82) is 0 Å². The van der Waals surface area contributed by atoms with E-state index in [-0.39, 0.29) is 11.9 Å². The third kappa shape index (κ3) is 3.56. The fourth-order valence-corrected chi connectivity index (χ4v) is 1.43. The van der Waals surface area contributed by atoms with Crippen molar-refractivity contribution in [1.82, 2.24) is 15.5 Å². The van der Waals surface area contributed by atoms with Gasteiger partial charge >= 0.3 is 0 Å². The summed E-state index contributed by atoms with van der Waals surface area (Å²) in [6.45, 7) is 6.33. The van der Waals surface area contributed by atoms with E-state index in [2.05, 4.69) is 29.4 Å². The van der Waals surface area contributed by atoms with Gasteiger partial charge in [-0.05, 0) is 25.7 Å². The highest BCUT2D eigenvalue weighted by atomic mass is 16.2. The minimum absolute atomic E-state index is 0.151. The summed E-state index contributed by atoms with van der Waals surface area (Å²) < 4.78 is 0. The first kappa shape index (κ1) is 12.5. The maximum absolute atomic E-state index is 11.7. The summed E-state index contributed by atoms with van der Waals surface area (Å²) in [5.41, 5.74) is 6.31. The molecule has 0 spiro atoms. The number of anilines is 1. The average molecular weight is 224 g/mol. The summed E-state index contributed by atoms with van der Waals surface area (Å²) in [5, 5.41) is 9.19. The third-order valence-electron chi connectivity index (χ3n) is 2.45. The van der Waals surface area contributed by atoms with Crippen LogP contribution in [0.25, 0.3) is 0 Å². The molecular weight excluding hydrogens is 204 g/mol. The van der Waals surface area contributed by atoms with Crippen molar-refractivity contribution in [2.75, 3.05) is 5.73 Å². The quantitative estimate of drug-likeness (QED) is 0.709. The molecule has 0 radical (unpaired) electrons. The Morgan fingerprint density at radius 3 is 2.69 bits per heavy atom. The summed E-state index contributed by atoms with van der Waals surface area (Å²) in [4.78, 5) is 11.7. The molecule has 90 valence electrons. The molecule has 0 aliphatic heterocycles. The van der Waals surface area contributed by atoms with Crippen molar-refractivity contribution in [2.24, 2.45) is 5.92 Å². The lowest BCUT2D eigenvalue weighted by atomic mass is 10.0. The summed E-state index contributed by atoms with van der Waals surface area (Å²) in [7, 11) is 0. The monoisotopic (exact) mass is 224 g/mol. The number of aromatic nitrogens is 2. The second-order valence-corrected chi connectivity index (χ2v) is 4.55. The van der Waals surface area contributed by atoms with Crippen molar-refractivity contribution < 1.29 is 4.79 Å². The zero-order valence-corrected chi connectivity index (χ0v) is 10.1. The molecule has 1 amide bonds. The van der Waals surface area contributed by atoms with Crippen LogP contribution in [-0.2, 0) is 0 Å². The lowest BCUT2D eigenvalue weighted by Crippen LogP contribution is -2.33. The summed E-state index contributed by atoms with van der Waals surface area (Å²) in [6.07, 6.45) is 3.51. The second-order valence-electron chi connectivity index (χ2n) is 4.55. The molecule has 1 rings (SSSR count). The van der Waals surface area contributed by atoms with E-state index in [1.807, 2.05) is 6.92 Å². The smallest absolute Gasteiger partial charge is 0.271 e. The van der Waals surface area contributed by atoms with E-state index >= 15 is 0 Å². The van der Waals surface area contributed by atoms with Gasteiger partial charge in [0, 0.05) is 6.04 Å². The van der Waals surface area contributed by atoms with Gasteiger partial charge in [-0.3, -0.25) is 9.89 Å². The normalized spacial score (nSPS) is 12.8. The molecule has 16 heavy (non-hydrogen) atoms. The number of carbonyl (C=O) groups excluding carboxylic acids is 1. The molecule has 0 fully saturated rings. The number of hydrogen-bond donors (Lipinski definition) is 3. The van der Waals surface area contributed by atoms with E-state index in [4.69, 9.17) is 5.73 Å². The highest BCUT2D eigenvalue weighted by Crippen LogP contribution is 2.09. The van der Waals surface area contributed by atoms with Gasteiger partial charge in [-0.25, -0.2) is 0 Å². The molecular formula is C11H20N4O. The second kappa shape index (κ2) is 5.53. The van der Waals surface area contributed by atoms with Crippen LogP contribution >= 0.6 is 0 Å². The number of aromatic amines is 1. The van der Waals surface area contributed by atoms with E-state index in [0.29, 0.717) is 17.3 Å². The van der Waals surface area contributed by atoms with Crippen LogP contribution in [0.4, 0.5) is 5.69 Å². The minimum Gasteiger partial charge on any atom is -0.396 e. The molecule has 0 aliphatic carbocycles. The number of hydrogen-bond acceptors (Lipinski definition) is 3. The Balaban J connectivity index is 2.43. The molecule has 0 bridgehead atoms. The summed E-state index contributed by atoms with van der Waals surface area (Å²) >= 11 is 0. The van der Waals surface area contributed by atoms with E-state index in [9.17, 15) is 4.79 Å². The number of carbonyl (C=O) groups is 1. The largest absolute Gasteiger partial charge is 0.396 e. The third-order valence-corrected chi connectivity index (χ3v) is 2.45. The SMILES string of the molecule is CC(C)CCC(C)NC(=O)c1[nH]ncc1N. The van der Waals surface area contributed by atoms with Crippen LogP contribution in [0.15, 0.2) is 6.20 Å². The lowest BCUT2D eigenvalue weighted by molar-refractivity contribution is 0.0933. The average Bonchev–Trinajstić information content (AvgIpc) is 2.61. The number of H-pyrrole nitrogens is 1. The first-order valence-corrected chi connectivity index (χ1v) is 5.60. The molecule has 0 saturated heterocycles. The Labute approximate surface area is 95.8 Å². The van der Waals surface area contributed by atoms with Gasteiger partial charge in [-0.1, -0.05) is 13.8 Å². The van der Waals surface area contributed by atoms with Crippen LogP contribution in [-0.4, -0.2) is 22.1 Å². The van der Waals surface area contributed by atoms with E-state index < -0.39 is 0 Å². The zero-order chi connectivity index (χ0) is 12.1. The molecule has 1 unspecified atom stereocenters. The topological polar surface area (TPSA) is 83.8 Å². The van der Waals surface area contributed by atoms with Crippen LogP contribution in [0.1, 0.15) is 44.1 Å². The van der Waals surface area contributed by atoms with Crippen molar-refractivity contribution >= 4 is 11.6 Å². The predicted molar refractivity (Wildman–Crippen MR) is 64.0 cm³/mol. The van der Waals surface area contributed by atoms with Crippen molar-refractivity contribution in [3.8, 4) is 0 Å². The van der Waals surface area contributed by atoms with Crippen LogP contribution in [0.2, 0.25) is 0 Å². The van der Waals surface area contributed by atoms with Gasteiger partial charge in [0.25, 0.3) is 5.91 Å². The number of amides is 1. The van der Waals surface area contributed by atoms with Gasteiger partial charge in [-0.2, -0.15) is 5.10 Å². The molecule has 5 heteroatoms. The van der Waals surface area contributed by atoms with Gasteiger partial charge in [0.1, 0.15) is 5.69 Å². The maximum Gasteiger partial charge on any atom is 0.271 e. The lowest BCUT2D eigenvalue weighted by Gasteiger charge is -2.14. The van der Waals surface area contributed by atoms with Gasteiger partial charge in [-0.15, -0.1) is 0 Å². The first-order chi connectivity index (χ1) is 7.50. The summed E-state index contributed by atoms with van der Waals surface area (Å²) in [5.74, 6) is 0.461. The molecule has 0 aromatic carbocycles. The van der Waals surface area contributed by atoms with Crippen molar-refractivity contribution in [3.05, 3.63) is 11.9 Å². The summed E-state index contributed by atoms with van der Waals surface area (Å²) in [6, 6.07) is 0.151. The zero-order valence-electron chi connectivity index (χ0n) is 10.1. The molecule has 5 nitrogen and oxygen atoms in total. The number of rotatable bonds is 5. The van der Waals surface area contributed by atoms with E-state index in [1.54, 1.807) is 0 Å². The first-order valence-electron chi connectivity index (χ1n) is 5.60. The van der Waals surface area contributed by atoms with Crippen LogP contribution < -0.4 is 11.1 Å². The van der Waals surface area contributed by atoms with Gasteiger partial charge in [0.15, 0.2) is 0 Å². The number of nitrogens with one attached hydrogen (secondary N) is 2. The Morgan fingerprint density at radius 1 is 1.50 bits per heavy atom. The van der Waals surface area contributed by atoms with Crippen molar-refractivity contribution in [2.45, 2.75) is 39.7 Å². The fraction of sp³-hybridized carbons (Fsp3) is 0.636. The van der Waals surface area contributed by atoms with Gasteiger partial charge in [0.05, 0.1) is 11.9 Å². The Morgan fingerprint density at radius 2 is 2.19 bits per heavy atom. The van der Waals surface area contributed by atoms with E-state index in [0.717, 1.165) is 12.8 Å². The number of nitrogens with zero attached hydrogens (tertiary/aromatic N) is 1. The molecule has 1 aromatic rings. The highest BCUT2D eigenvalue weighted by Gasteiger charge is 2.14. The highest BCUT2D eigenvalue weighted by molar-refractivity contribution is 5.97. The standard InChI is InChI=1S/C11H20N4O/c1-7(2)4-5-8(3)14-11(16)10-9(12)6-13-15-10/h6-8H,4-5,12H2,1-3H3,(H,13,15)(H,14,16). The molecule has 1 aromatic heterocycles. The molecule has 1 atom stereocenters. The molecule has 0 saturated carbocycles. The molecule has 1 heterocycles. The maximum atomic E-state index is 11.7. The predicted octanol–water partition coefficient (Wildman–Crippen LogP) is 1.55. The Hall–Kier alpha value is -1.52. The van der Waals surface area contributed by atoms with E-state index in [1.165, 1.54) is 6.20 Å².